The van der Waals surface area contributed by atoms with Gasteiger partial charge in [-0.25, -0.2) is 4.79 Å². The maximum atomic E-state index is 12.5. The Morgan fingerprint density at radius 1 is 1.38 bits per heavy atom. The fourth-order valence-electron chi connectivity index (χ4n) is 2.00. The molecule has 1 aliphatic rings. The number of carbonyl (C=O) groups excluding carboxylic acids is 1. The molecule has 114 valence electrons. The predicted molar refractivity (Wildman–Crippen MR) is 81.5 cm³/mol. The lowest BCUT2D eigenvalue weighted by Gasteiger charge is -2.31. The molecule has 1 atom stereocenters. The number of hydrogen-bond donors (Lipinski definition) is 1. The number of carboxylic acids is 1. The van der Waals surface area contributed by atoms with Crippen molar-refractivity contribution in [1.29, 1.82) is 0 Å². The Hall–Kier alpha value is -0.950. The first-order chi connectivity index (χ1) is 9.93. The van der Waals surface area contributed by atoms with Crippen LogP contribution in [0.5, 0.6) is 0 Å². The summed E-state index contributed by atoms with van der Waals surface area (Å²) in [6.07, 6.45) is 0.840. The third-order valence-corrected chi connectivity index (χ3v) is 4.62. The fraction of sp³-hybridized carbons (Fsp3) is 0.385. The summed E-state index contributed by atoms with van der Waals surface area (Å²) in [5, 5.41) is 9.70. The topological polar surface area (TPSA) is 66.8 Å². The van der Waals surface area contributed by atoms with Gasteiger partial charge in [0.15, 0.2) is 6.10 Å². The first kappa shape index (κ1) is 16.4. The predicted octanol–water partition coefficient (Wildman–Crippen LogP) is 2.64. The molecular weight excluding hydrogens is 337 g/mol. The van der Waals surface area contributed by atoms with Crippen molar-refractivity contribution in [2.24, 2.45) is 0 Å². The first-order valence-electron chi connectivity index (χ1n) is 6.10. The van der Waals surface area contributed by atoms with Crippen LogP contribution in [0.3, 0.4) is 0 Å². The van der Waals surface area contributed by atoms with Crippen LogP contribution in [0.2, 0.25) is 10.0 Å². The summed E-state index contributed by atoms with van der Waals surface area (Å²) in [5.41, 5.74) is 0.316. The van der Waals surface area contributed by atoms with Crippen LogP contribution in [0.4, 0.5) is 0 Å². The number of thioether (sulfide) groups is 1. The van der Waals surface area contributed by atoms with Crippen LogP contribution in [0.15, 0.2) is 17.0 Å². The Bertz CT molecular complexity index is 582. The van der Waals surface area contributed by atoms with Gasteiger partial charge >= 0.3 is 5.97 Å². The van der Waals surface area contributed by atoms with E-state index in [2.05, 4.69) is 0 Å². The number of hydrogen-bond acceptors (Lipinski definition) is 4. The summed E-state index contributed by atoms with van der Waals surface area (Å²) in [6, 6.07) is 3.15. The number of benzene rings is 1. The molecule has 1 N–H and O–H groups in total. The standard InChI is InChI=1S/C13H13Cl2NO4S/c1-21-11-4-7(8(14)5-9(11)15)12(17)16-2-3-20-10(6-16)13(18)19/h4-5,10H,2-3,6H2,1H3,(H,18,19). The molecule has 1 heterocycles. The van der Waals surface area contributed by atoms with E-state index in [1.54, 1.807) is 6.07 Å². The molecule has 21 heavy (non-hydrogen) atoms. The quantitative estimate of drug-likeness (QED) is 0.849. The number of aliphatic carboxylic acids is 1. The molecule has 8 heteroatoms. The van der Waals surface area contributed by atoms with Gasteiger partial charge in [0.1, 0.15) is 0 Å². The van der Waals surface area contributed by atoms with Crippen molar-refractivity contribution < 1.29 is 19.4 Å². The van der Waals surface area contributed by atoms with Gasteiger partial charge < -0.3 is 14.7 Å². The van der Waals surface area contributed by atoms with E-state index < -0.39 is 12.1 Å². The third kappa shape index (κ3) is 3.63. The summed E-state index contributed by atoms with van der Waals surface area (Å²) in [6.45, 7) is 0.515. The van der Waals surface area contributed by atoms with Crippen molar-refractivity contribution in [3.05, 3.63) is 27.7 Å². The third-order valence-electron chi connectivity index (χ3n) is 3.10. The number of ether oxygens (including phenoxy) is 1. The van der Waals surface area contributed by atoms with Gasteiger partial charge in [-0.05, 0) is 18.4 Å². The largest absolute Gasteiger partial charge is 0.479 e. The minimum absolute atomic E-state index is 0.00171. The Labute approximate surface area is 136 Å². The SMILES string of the molecule is CSc1cc(C(=O)N2CCOC(C(=O)O)C2)c(Cl)cc1Cl. The highest BCUT2D eigenvalue weighted by atomic mass is 35.5. The lowest BCUT2D eigenvalue weighted by atomic mass is 10.1. The molecule has 1 unspecified atom stereocenters. The number of halogens is 2. The van der Waals surface area contributed by atoms with E-state index in [1.165, 1.54) is 22.7 Å². The normalized spacial score (nSPS) is 18.6. The van der Waals surface area contributed by atoms with Crippen LogP contribution >= 0.6 is 35.0 Å². The number of carboxylic acid groups (broad SMARTS) is 1. The fourth-order valence-corrected chi connectivity index (χ4v) is 3.19. The first-order valence-corrected chi connectivity index (χ1v) is 8.08. The van der Waals surface area contributed by atoms with Crippen molar-refractivity contribution >= 4 is 46.8 Å². The van der Waals surface area contributed by atoms with Gasteiger partial charge in [-0.2, -0.15) is 0 Å². The van der Waals surface area contributed by atoms with E-state index >= 15 is 0 Å². The Morgan fingerprint density at radius 3 is 2.71 bits per heavy atom. The average Bonchev–Trinajstić information content (AvgIpc) is 2.47. The second-order valence-corrected chi connectivity index (χ2v) is 6.08. The second kappa shape index (κ2) is 6.87. The molecule has 0 aliphatic carbocycles. The summed E-state index contributed by atoms with van der Waals surface area (Å²) in [5.74, 6) is -1.40. The smallest absolute Gasteiger partial charge is 0.334 e. The van der Waals surface area contributed by atoms with Crippen molar-refractivity contribution in [3.8, 4) is 0 Å². The summed E-state index contributed by atoms with van der Waals surface area (Å²) in [7, 11) is 0. The average molecular weight is 350 g/mol. The molecule has 1 saturated heterocycles. The van der Waals surface area contributed by atoms with Gasteiger partial charge in [-0.3, -0.25) is 4.79 Å². The highest BCUT2D eigenvalue weighted by molar-refractivity contribution is 7.98. The van der Waals surface area contributed by atoms with E-state index in [4.69, 9.17) is 33.0 Å². The molecule has 0 saturated carbocycles. The highest BCUT2D eigenvalue weighted by Crippen LogP contribution is 2.32. The van der Waals surface area contributed by atoms with Gasteiger partial charge in [0.2, 0.25) is 0 Å². The lowest BCUT2D eigenvalue weighted by Crippen LogP contribution is -2.48. The summed E-state index contributed by atoms with van der Waals surface area (Å²) < 4.78 is 5.10. The second-order valence-electron chi connectivity index (χ2n) is 4.42. The lowest BCUT2D eigenvalue weighted by molar-refractivity contribution is -0.154. The van der Waals surface area contributed by atoms with E-state index in [-0.39, 0.29) is 24.1 Å². The Balaban J connectivity index is 2.25. The monoisotopic (exact) mass is 349 g/mol. The van der Waals surface area contributed by atoms with Crippen molar-refractivity contribution in [3.63, 3.8) is 0 Å². The molecule has 0 spiro atoms. The van der Waals surface area contributed by atoms with Crippen LogP contribution in [0, 0.1) is 0 Å². The van der Waals surface area contributed by atoms with E-state index in [1.807, 2.05) is 6.26 Å². The van der Waals surface area contributed by atoms with Crippen molar-refractivity contribution in [2.45, 2.75) is 11.0 Å². The van der Waals surface area contributed by atoms with Gasteiger partial charge in [0.05, 0.1) is 28.8 Å². The molecule has 0 bridgehead atoms. The van der Waals surface area contributed by atoms with E-state index in [0.717, 1.165) is 4.90 Å². The van der Waals surface area contributed by atoms with Gasteiger partial charge in [-0.15, -0.1) is 11.8 Å². The number of carbonyl (C=O) groups is 2. The van der Waals surface area contributed by atoms with Crippen LogP contribution in [0.1, 0.15) is 10.4 Å². The van der Waals surface area contributed by atoms with Crippen LogP contribution < -0.4 is 0 Å². The molecule has 1 fully saturated rings. The van der Waals surface area contributed by atoms with Crippen molar-refractivity contribution in [1.82, 2.24) is 4.90 Å². The number of amides is 1. The van der Waals surface area contributed by atoms with E-state index in [0.29, 0.717) is 17.1 Å². The molecule has 0 radical (unpaired) electrons. The summed E-state index contributed by atoms with van der Waals surface area (Å²) >= 11 is 13.5. The van der Waals surface area contributed by atoms with Crippen LogP contribution in [-0.2, 0) is 9.53 Å². The molecular formula is C13H13Cl2NO4S. The van der Waals surface area contributed by atoms with Crippen molar-refractivity contribution in [2.75, 3.05) is 26.0 Å². The molecule has 1 aromatic carbocycles. The molecule has 5 nitrogen and oxygen atoms in total. The molecule has 1 aliphatic heterocycles. The van der Waals surface area contributed by atoms with Gasteiger partial charge in [-0.1, -0.05) is 23.2 Å². The highest BCUT2D eigenvalue weighted by Gasteiger charge is 2.30. The zero-order chi connectivity index (χ0) is 15.6. The zero-order valence-corrected chi connectivity index (χ0v) is 13.5. The number of nitrogens with zero attached hydrogens (tertiary/aromatic N) is 1. The Morgan fingerprint density at radius 2 is 2.10 bits per heavy atom. The molecule has 0 aromatic heterocycles. The minimum atomic E-state index is -1.08. The van der Waals surface area contributed by atoms with Gasteiger partial charge in [0.25, 0.3) is 5.91 Å². The van der Waals surface area contributed by atoms with Gasteiger partial charge in [0, 0.05) is 11.4 Å². The molecule has 1 aromatic rings. The minimum Gasteiger partial charge on any atom is -0.479 e. The molecule has 1 amide bonds. The molecule has 2 rings (SSSR count). The maximum Gasteiger partial charge on any atom is 0.334 e. The summed E-state index contributed by atoms with van der Waals surface area (Å²) in [4.78, 5) is 25.6. The zero-order valence-electron chi connectivity index (χ0n) is 11.1. The van der Waals surface area contributed by atoms with Crippen LogP contribution in [-0.4, -0.2) is 53.9 Å². The Kier molecular flexibility index (Phi) is 5.37. The number of morpholine rings is 1. The van der Waals surface area contributed by atoms with E-state index in [9.17, 15) is 9.59 Å². The van der Waals surface area contributed by atoms with Crippen LogP contribution in [0.25, 0.3) is 0 Å². The number of rotatable bonds is 3. The maximum absolute atomic E-state index is 12.5.